The Labute approximate surface area is 121 Å². The number of hydrogen-bond donors (Lipinski definition) is 2. The van der Waals surface area contributed by atoms with E-state index in [4.69, 9.17) is 5.73 Å². The zero-order chi connectivity index (χ0) is 14.9. The Morgan fingerprint density at radius 2 is 2.00 bits per heavy atom. The van der Waals surface area contributed by atoms with Gasteiger partial charge < -0.3 is 5.73 Å². The number of hydrogen-bond acceptors (Lipinski definition) is 3. The van der Waals surface area contributed by atoms with E-state index in [1.165, 1.54) is 6.42 Å². The van der Waals surface area contributed by atoms with Gasteiger partial charge in [-0.2, -0.15) is 0 Å². The number of sulfonamides is 1. The fourth-order valence-corrected chi connectivity index (χ4v) is 4.32. The molecule has 4 nitrogen and oxygen atoms in total. The zero-order valence-corrected chi connectivity index (χ0v) is 13.3. The van der Waals surface area contributed by atoms with Gasteiger partial charge in [-0.3, -0.25) is 0 Å². The van der Waals surface area contributed by atoms with E-state index in [0.29, 0.717) is 17.4 Å². The van der Waals surface area contributed by atoms with E-state index in [-0.39, 0.29) is 6.04 Å². The van der Waals surface area contributed by atoms with Crippen LogP contribution in [0.2, 0.25) is 0 Å². The molecule has 0 spiro atoms. The summed E-state index contributed by atoms with van der Waals surface area (Å²) in [6.07, 6.45) is 3.44. The van der Waals surface area contributed by atoms with Crippen molar-refractivity contribution in [3.8, 4) is 0 Å². The Balaban J connectivity index is 2.30. The molecule has 1 aliphatic carbocycles. The van der Waals surface area contributed by atoms with E-state index in [1.54, 1.807) is 6.07 Å². The Morgan fingerprint density at radius 3 is 2.50 bits per heavy atom. The molecule has 1 atom stereocenters. The average Bonchev–Trinajstić information content (AvgIpc) is 2.29. The van der Waals surface area contributed by atoms with Crippen LogP contribution in [0.1, 0.15) is 42.9 Å². The lowest BCUT2D eigenvalue weighted by molar-refractivity contribution is 0.260. The minimum Gasteiger partial charge on any atom is -0.326 e. The molecule has 2 rings (SSSR count). The Morgan fingerprint density at radius 1 is 1.35 bits per heavy atom. The second-order valence-corrected chi connectivity index (χ2v) is 7.52. The van der Waals surface area contributed by atoms with Crippen molar-refractivity contribution >= 4 is 10.0 Å². The fourth-order valence-electron chi connectivity index (χ4n) is 2.64. The minimum atomic E-state index is -3.47. The maximum atomic E-state index is 12.6. The SMILES string of the molecule is Cc1cc(CN)cc(S(=O)(=O)NC(C)C2CCC2)c1C. The van der Waals surface area contributed by atoms with Gasteiger partial charge in [0.05, 0.1) is 4.90 Å². The first-order valence-electron chi connectivity index (χ1n) is 7.17. The lowest BCUT2D eigenvalue weighted by Crippen LogP contribution is -2.40. The van der Waals surface area contributed by atoms with Crippen LogP contribution in [0, 0.1) is 19.8 Å². The van der Waals surface area contributed by atoms with Crippen LogP contribution in [0.4, 0.5) is 0 Å². The molecule has 0 radical (unpaired) electrons. The van der Waals surface area contributed by atoms with Gasteiger partial charge in [-0.1, -0.05) is 12.5 Å². The summed E-state index contributed by atoms with van der Waals surface area (Å²) >= 11 is 0. The zero-order valence-electron chi connectivity index (χ0n) is 12.4. The predicted octanol–water partition coefficient (Wildman–Crippen LogP) is 2.23. The molecule has 1 unspecified atom stereocenters. The molecule has 1 aromatic rings. The molecule has 0 bridgehead atoms. The molecule has 1 fully saturated rings. The molecule has 1 aromatic carbocycles. The summed E-state index contributed by atoms with van der Waals surface area (Å²) in [5.41, 5.74) is 8.26. The Kier molecular flexibility index (Phi) is 4.52. The third-order valence-corrected chi connectivity index (χ3v) is 6.09. The molecule has 0 heterocycles. The van der Waals surface area contributed by atoms with Crippen LogP contribution in [0.25, 0.3) is 0 Å². The van der Waals surface area contributed by atoms with Gasteiger partial charge in [0, 0.05) is 12.6 Å². The molecular weight excluding hydrogens is 272 g/mol. The molecule has 1 saturated carbocycles. The van der Waals surface area contributed by atoms with Gasteiger partial charge in [-0.15, -0.1) is 0 Å². The summed E-state index contributed by atoms with van der Waals surface area (Å²) in [6, 6.07) is 3.64. The summed E-state index contributed by atoms with van der Waals surface area (Å²) in [4.78, 5) is 0.365. The third kappa shape index (κ3) is 3.05. The molecule has 1 aliphatic rings. The van der Waals surface area contributed by atoms with Crippen molar-refractivity contribution < 1.29 is 8.42 Å². The first kappa shape index (κ1) is 15.5. The van der Waals surface area contributed by atoms with Crippen molar-refractivity contribution in [3.63, 3.8) is 0 Å². The van der Waals surface area contributed by atoms with Crippen LogP contribution >= 0.6 is 0 Å². The van der Waals surface area contributed by atoms with E-state index in [1.807, 2.05) is 26.8 Å². The third-order valence-electron chi connectivity index (χ3n) is 4.40. The first-order valence-corrected chi connectivity index (χ1v) is 8.66. The molecule has 112 valence electrons. The maximum absolute atomic E-state index is 12.6. The van der Waals surface area contributed by atoms with Gasteiger partial charge >= 0.3 is 0 Å². The second-order valence-electron chi connectivity index (χ2n) is 5.84. The number of benzene rings is 1. The molecular formula is C15H24N2O2S. The predicted molar refractivity (Wildman–Crippen MR) is 80.9 cm³/mol. The summed E-state index contributed by atoms with van der Waals surface area (Å²) in [5.74, 6) is 0.476. The van der Waals surface area contributed by atoms with Crippen LogP contribution < -0.4 is 10.5 Å². The van der Waals surface area contributed by atoms with Gasteiger partial charge in [-0.05, 0) is 62.3 Å². The smallest absolute Gasteiger partial charge is 0.241 e. The average molecular weight is 296 g/mol. The van der Waals surface area contributed by atoms with Crippen molar-refractivity contribution in [1.29, 1.82) is 0 Å². The van der Waals surface area contributed by atoms with Gasteiger partial charge in [-0.25, -0.2) is 13.1 Å². The van der Waals surface area contributed by atoms with Gasteiger partial charge in [0.2, 0.25) is 10.0 Å². The van der Waals surface area contributed by atoms with Crippen LogP contribution in [0.15, 0.2) is 17.0 Å². The number of aryl methyl sites for hydroxylation is 1. The summed E-state index contributed by atoms with van der Waals surface area (Å²) in [7, 11) is -3.47. The quantitative estimate of drug-likeness (QED) is 0.875. The normalized spacial score (nSPS) is 17.8. The molecule has 3 N–H and O–H groups in total. The lowest BCUT2D eigenvalue weighted by atomic mass is 9.81. The highest BCUT2D eigenvalue weighted by atomic mass is 32.2. The highest BCUT2D eigenvalue weighted by Gasteiger charge is 2.28. The molecule has 0 amide bonds. The molecule has 0 aliphatic heterocycles. The summed E-state index contributed by atoms with van der Waals surface area (Å²) < 4.78 is 28.0. The van der Waals surface area contributed by atoms with Crippen LogP contribution in [-0.2, 0) is 16.6 Å². The van der Waals surface area contributed by atoms with Crippen molar-refractivity contribution in [1.82, 2.24) is 4.72 Å². The Bertz CT molecular complexity index is 592. The largest absolute Gasteiger partial charge is 0.326 e. The minimum absolute atomic E-state index is 0.00464. The lowest BCUT2D eigenvalue weighted by Gasteiger charge is -2.31. The van der Waals surface area contributed by atoms with Crippen molar-refractivity contribution in [2.45, 2.75) is 57.5 Å². The molecule has 0 aromatic heterocycles. The highest BCUT2D eigenvalue weighted by Crippen LogP contribution is 2.30. The van der Waals surface area contributed by atoms with E-state index < -0.39 is 10.0 Å². The first-order chi connectivity index (χ1) is 9.35. The van der Waals surface area contributed by atoms with Gasteiger partial charge in [0.1, 0.15) is 0 Å². The van der Waals surface area contributed by atoms with Crippen LogP contribution in [0.3, 0.4) is 0 Å². The Hall–Kier alpha value is -0.910. The monoisotopic (exact) mass is 296 g/mol. The molecule has 20 heavy (non-hydrogen) atoms. The van der Waals surface area contributed by atoms with Crippen LogP contribution in [-0.4, -0.2) is 14.5 Å². The van der Waals surface area contributed by atoms with E-state index >= 15 is 0 Å². The topological polar surface area (TPSA) is 72.2 Å². The van der Waals surface area contributed by atoms with Crippen molar-refractivity contribution in [2.24, 2.45) is 11.7 Å². The summed E-state index contributed by atoms with van der Waals surface area (Å²) in [6.45, 7) is 6.07. The number of rotatable bonds is 5. The van der Waals surface area contributed by atoms with Crippen LogP contribution in [0.5, 0.6) is 0 Å². The standard InChI is InChI=1S/C15H24N2O2S/c1-10-7-13(9-16)8-15(11(10)2)20(18,19)17-12(3)14-5-4-6-14/h7-8,12,14,17H,4-6,9,16H2,1-3H3. The van der Waals surface area contributed by atoms with E-state index in [0.717, 1.165) is 29.5 Å². The molecule has 5 heteroatoms. The number of nitrogens with one attached hydrogen (secondary N) is 1. The maximum Gasteiger partial charge on any atom is 0.241 e. The van der Waals surface area contributed by atoms with Crippen molar-refractivity contribution in [3.05, 3.63) is 28.8 Å². The number of nitrogens with two attached hydrogens (primary N) is 1. The fraction of sp³-hybridized carbons (Fsp3) is 0.600. The molecule has 0 saturated heterocycles. The van der Waals surface area contributed by atoms with Gasteiger partial charge in [0.15, 0.2) is 0 Å². The second kappa shape index (κ2) is 5.84. The van der Waals surface area contributed by atoms with Crippen molar-refractivity contribution in [2.75, 3.05) is 0 Å². The van der Waals surface area contributed by atoms with E-state index in [9.17, 15) is 8.42 Å². The highest BCUT2D eigenvalue weighted by molar-refractivity contribution is 7.89. The summed E-state index contributed by atoms with van der Waals surface area (Å²) in [5, 5.41) is 0. The van der Waals surface area contributed by atoms with E-state index in [2.05, 4.69) is 4.72 Å². The van der Waals surface area contributed by atoms with Gasteiger partial charge in [0.25, 0.3) is 0 Å².